The fourth-order valence-corrected chi connectivity index (χ4v) is 2.90. The molecule has 0 aliphatic heterocycles. The Morgan fingerprint density at radius 1 is 1.23 bits per heavy atom. The van der Waals surface area contributed by atoms with Crippen LogP contribution in [0.4, 0.5) is 0 Å². The second-order valence-corrected chi connectivity index (χ2v) is 7.77. The van der Waals surface area contributed by atoms with Crippen LogP contribution in [-0.4, -0.2) is 26.7 Å². The zero-order valence-electron chi connectivity index (χ0n) is 13.8. The Morgan fingerprint density at radius 3 is 2.41 bits per heavy atom. The van der Waals surface area contributed by atoms with E-state index in [0.717, 1.165) is 22.4 Å². The van der Waals surface area contributed by atoms with Gasteiger partial charge < -0.3 is 5.32 Å². The molecular formula is C17H23N3OS. The standard InChI is InChI=1S/C17H23N3OS/c1-11-15(19-14-9-7-6-8-13(14)18-11)10-22-12(2)16(21)20-17(3,4)5/h6-9,12H,10H2,1-5H3,(H,20,21)/t12-/m1/s1. The molecule has 0 spiro atoms. The second kappa shape index (κ2) is 6.65. The normalized spacial score (nSPS) is 13.1. The van der Waals surface area contributed by atoms with E-state index in [-0.39, 0.29) is 16.7 Å². The zero-order chi connectivity index (χ0) is 16.3. The number of thioether (sulfide) groups is 1. The smallest absolute Gasteiger partial charge is 0.233 e. The molecule has 2 rings (SSSR count). The van der Waals surface area contributed by atoms with E-state index in [9.17, 15) is 4.79 Å². The Morgan fingerprint density at radius 2 is 1.82 bits per heavy atom. The maximum atomic E-state index is 12.1. The minimum atomic E-state index is -0.204. The van der Waals surface area contributed by atoms with E-state index in [4.69, 9.17) is 0 Å². The van der Waals surface area contributed by atoms with Crippen molar-refractivity contribution in [3.05, 3.63) is 35.7 Å². The van der Waals surface area contributed by atoms with Gasteiger partial charge in [0.1, 0.15) is 0 Å². The molecule has 22 heavy (non-hydrogen) atoms. The van der Waals surface area contributed by atoms with Crippen LogP contribution in [0.15, 0.2) is 24.3 Å². The Hall–Kier alpha value is -1.62. The van der Waals surface area contributed by atoms with Gasteiger partial charge in [-0.1, -0.05) is 12.1 Å². The van der Waals surface area contributed by atoms with E-state index in [0.29, 0.717) is 5.75 Å². The molecule has 1 amide bonds. The predicted molar refractivity (Wildman–Crippen MR) is 92.9 cm³/mol. The van der Waals surface area contributed by atoms with Crippen LogP contribution >= 0.6 is 11.8 Å². The van der Waals surface area contributed by atoms with Crippen molar-refractivity contribution in [3.8, 4) is 0 Å². The summed E-state index contributed by atoms with van der Waals surface area (Å²) in [6, 6.07) is 7.85. The third kappa shape index (κ3) is 4.44. The van der Waals surface area contributed by atoms with Crippen LogP contribution in [0.25, 0.3) is 11.0 Å². The summed E-state index contributed by atoms with van der Waals surface area (Å²) in [5.74, 6) is 0.742. The number of nitrogens with one attached hydrogen (secondary N) is 1. The summed E-state index contributed by atoms with van der Waals surface area (Å²) in [6.07, 6.45) is 0. The molecule has 118 valence electrons. The van der Waals surface area contributed by atoms with Crippen molar-refractivity contribution in [3.63, 3.8) is 0 Å². The summed E-state index contributed by atoms with van der Waals surface area (Å²) in [5.41, 5.74) is 3.47. The van der Waals surface area contributed by atoms with Crippen molar-refractivity contribution in [1.82, 2.24) is 15.3 Å². The molecule has 0 radical (unpaired) electrons. The van der Waals surface area contributed by atoms with Gasteiger partial charge in [-0.2, -0.15) is 0 Å². The highest BCUT2D eigenvalue weighted by Crippen LogP contribution is 2.21. The molecule has 1 atom stereocenters. The maximum absolute atomic E-state index is 12.1. The molecule has 1 N–H and O–H groups in total. The molecule has 0 aliphatic carbocycles. The monoisotopic (exact) mass is 317 g/mol. The summed E-state index contributed by atoms with van der Waals surface area (Å²) in [6.45, 7) is 9.86. The highest BCUT2D eigenvalue weighted by atomic mass is 32.2. The third-order valence-corrected chi connectivity index (χ3v) is 4.33. The van der Waals surface area contributed by atoms with Gasteiger partial charge >= 0.3 is 0 Å². The number of hydrogen-bond acceptors (Lipinski definition) is 4. The predicted octanol–water partition coefficient (Wildman–Crippen LogP) is 3.47. The molecule has 1 aromatic carbocycles. The average molecular weight is 317 g/mol. The van der Waals surface area contributed by atoms with Gasteiger partial charge in [-0.25, -0.2) is 9.97 Å². The van der Waals surface area contributed by atoms with Crippen LogP contribution in [0.5, 0.6) is 0 Å². The molecule has 1 aromatic heterocycles. The van der Waals surface area contributed by atoms with Crippen LogP contribution in [0.1, 0.15) is 39.1 Å². The van der Waals surface area contributed by atoms with Crippen LogP contribution < -0.4 is 5.32 Å². The fourth-order valence-electron chi connectivity index (χ4n) is 2.01. The van der Waals surface area contributed by atoms with Crippen molar-refractivity contribution in [2.24, 2.45) is 0 Å². The molecule has 5 heteroatoms. The summed E-state index contributed by atoms with van der Waals surface area (Å²) in [7, 11) is 0. The molecule has 0 bridgehead atoms. The lowest BCUT2D eigenvalue weighted by atomic mass is 10.1. The van der Waals surface area contributed by atoms with Gasteiger partial charge in [0.15, 0.2) is 0 Å². The number of benzene rings is 1. The molecule has 0 aliphatic rings. The van der Waals surface area contributed by atoms with E-state index in [1.165, 1.54) is 0 Å². The van der Waals surface area contributed by atoms with Gasteiger partial charge in [0.05, 0.1) is 27.7 Å². The molecule has 0 saturated heterocycles. The topological polar surface area (TPSA) is 54.9 Å². The van der Waals surface area contributed by atoms with Gasteiger partial charge in [0.2, 0.25) is 5.91 Å². The number of rotatable bonds is 4. The van der Waals surface area contributed by atoms with E-state index in [1.807, 2.05) is 58.9 Å². The Labute approximate surface area is 136 Å². The molecule has 0 unspecified atom stereocenters. The minimum absolute atomic E-state index is 0.0592. The first kappa shape index (κ1) is 16.7. The van der Waals surface area contributed by atoms with Gasteiger partial charge in [-0.15, -0.1) is 11.8 Å². The number of fused-ring (bicyclic) bond motifs is 1. The number of para-hydroxylation sites is 2. The number of carbonyl (C=O) groups excluding carboxylic acids is 1. The van der Waals surface area contributed by atoms with Crippen LogP contribution in [0.3, 0.4) is 0 Å². The van der Waals surface area contributed by atoms with Gasteiger partial charge in [0.25, 0.3) is 0 Å². The number of nitrogens with zero attached hydrogens (tertiary/aromatic N) is 2. The molecule has 1 heterocycles. The fraction of sp³-hybridized carbons (Fsp3) is 0.471. The lowest BCUT2D eigenvalue weighted by Gasteiger charge is -2.23. The molecular weight excluding hydrogens is 294 g/mol. The second-order valence-electron chi connectivity index (χ2n) is 6.44. The molecule has 2 aromatic rings. The minimum Gasteiger partial charge on any atom is -0.351 e. The van der Waals surface area contributed by atoms with Crippen LogP contribution in [0.2, 0.25) is 0 Å². The molecule has 0 fully saturated rings. The van der Waals surface area contributed by atoms with Crippen molar-refractivity contribution in [2.75, 3.05) is 0 Å². The SMILES string of the molecule is Cc1nc2ccccc2nc1CS[C@H](C)C(=O)NC(C)(C)C. The van der Waals surface area contributed by atoms with E-state index in [2.05, 4.69) is 15.3 Å². The van der Waals surface area contributed by atoms with Crippen molar-refractivity contribution >= 4 is 28.7 Å². The summed E-state index contributed by atoms with van der Waals surface area (Å²) < 4.78 is 0. The van der Waals surface area contributed by atoms with E-state index < -0.39 is 0 Å². The average Bonchev–Trinajstić information content (AvgIpc) is 2.42. The summed E-state index contributed by atoms with van der Waals surface area (Å²) >= 11 is 1.59. The highest BCUT2D eigenvalue weighted by molar-refractivity contribution is 7.99. The lowest BCUT2D eigenvalue weighted by molar-refractivity contribution is -0.121. The van der Waals surface area contributed by atoms with Crippen molar-refractivity contribution in [1.29, 1.82) is 0 Å². The van der Waals surface area contributed by atoms with Gasteiger partial charge in [-0.05, 0) is 46.8 Å². The number of aryl methyl sites for hydroxylation is 1. The summed E-state index contributed by atoms with van der Waals surface area (Å²) in [5, 5.41) is 2.88. The quantitative estimate of drug-likeness (QED) is 0.938. The largest absolute Gasteiger partial charge is 0.351 e. The first-order chi connectivity index (χ1) is 10.3. The number of hydrogen-bond donors (Lipinski definition) is 1. The molecule has 0 saturated carbocycles. The van der Waals surface area contributed by atoms with E-state index >= 15 is 0 Å². The Kier molecular flexibility index (Phi) is 5.06. The lowest BCUT2D eigenvalue weighted by Crippen LogP contribution is -2.44. The van der Waals surface area contributed by atoms with Crippen molar-refractivity contribution in [2.45, 2.75) is 51.2 Å². The summed E-state index contributed by atoms with van der Waals surface area (Å²) in [4.78, 5) is 21.4. The Bertz CT molecular complexity index is 679. The highest BCUT2D eigenvalue weighted by Gasteiger charge is 2.20. The first-order valence-corrected chi connectivity index (χ1v) is 8.47. The van der Waals surface area contributed by atoms with Gasteiger partial charge in [-0.3, -0.25) is 4.79 Å². The van der Waals surface area contributed by atoms with Crippen molar-refractivity contribution < 1.29 is 4.79 Å². The van der Waals surface area contributed by atoms with E-state index in [1.54, 1.807) is 11.8 Å². The Balaban J connectivity index is 2.05. The van der Waals surface area contributed by atoms with Gasteiger partial charge in [0, 0.05) is 11.3 Å². The number of amides is 1. The first-order valence-electron chi connectivity index (χ1n) is 7.42. The number of carbonyl (C=O) groups is 1. The molecule has 4 nitrogen and oxygen atoms in total. The third-order valence-electron chi connectivity index (χ3n) is 3.18. The van der Waals surface area contributed by atoms with Crippen LogP contribution in [0, 0.1) is 6.92 Å². The van der Waals surface area contributed by atoms with Crippen LogP contribution in [-0.2, 0) is 10.5 Å². The maximum Gasteiger partial charge on any atom is 0.233 e. The number of aromatic nitrogens is 2. The zero-order valence-corrected chi connectivity index (χ0v) is 14.6.